The predicted octanol–water partition coefficient (Wildman–Crippen LogP) is 1.87. The molecule has 0 fully saturated rings. The van der Waals surface area contributed by atoms with Crippen LogP contribution in [0.4, 0.5) is 0 Å². The van der Waals surface area contributed by atoms with E-state index in [9.17, 15) is 8.42 Å². The Morgan fingerprint density at radius 2 is 1.90 bits per heavy atom. The van der Waals surface area contributed by atoms with Crippen LogP contribution in [0.3, 0.4) is 0 Å². The summed E-state index contributed by atoms with van der Waals surface area (Å²) in [5.41, 5.74) is 6.86. The average Bonchev–Trinajstić information content (AvgIpc) is 2.77. The molecular formula is C14H18N2O3S. The Hall–Kier alpha value is -1.63. The SMILES string of the molecule is Cc1cc(S(=O)(=O)NCC(N)c2ccccc2)c(C)o1. The van der Waals surface area contributed by atoms with Crippen molar-refractivity contribution in [1.82, 2.24) is 4.72 Å². The lowest BCUT2D eigenvalue weighted by molar-refractivity contribution is 0.495. The monoisotopic (exact) mass is 294 g/mol. The highest BCUT2D eigenvalue weighted by Crippen LogP contribution is 2.19. The fourth-order valence-corrected chi connectivity index (χ4v) is 3.27. The van der Waals surface area contributed by atoms with Crippen LogP contribution in [0.25, 0.3) is 0 Å². The number of nitrogens with two attached hydrogens (primary N) is 1. The molecule has 1 atom stereocenters. The van der Waals surface area contributed by atoms with E-state index in [1.165, 1.54) is 6.07 Å². The summed E-state index contributed by atoms with van der Waals surface area (Å²) in [4.78, 5) is 0.162. The minimum Gasteiger partial charge on any atom is -0.465 e. The first-order valence-corrected chi connectivity index (χ1v) is 7.75. The summed E-state index contributed by atoms with van der Waals surface area (Å²) < 4.78 is 32.1. The number of benzene rings is 1. The first kappa shape index (κ1) is 14.8. The zero-order valence-corrected chi connectivity index (χ0v) is 12.3. The van der Waals surface area contributed by atoms with Crippen LogP contribution in [0.2, 0.25) is 0 Å². The summed E-state index contributed by atoms with van der Waals surface area (Å²) in [6, 6.07) is 10.5. The second kappa shape index (κ2) is 5.78. The molecule has 1 aromatic carbocycles. The summed E-state index contributed by atoms with van der Waals surface area (Å²) in [6.45, 7) is 3.47. The van der Waals surface area contributed by atoms with Gasteiger partial charge in [-0.25, -0.2) is 13.1 Å². The molecule has 1 aromatic heterocycles. The molecule has 0 amide bonds. The van der Waals surface area contributed by atoms with E-state index in [0.717, 1.165) is 5.56 Å². The maximum atomic E-state index is 12.2. The minimum absolute atomic E-state index is 0.135. The zero-order valence-electron chi connectivity index (χ0n) is 11.5. The van der Waals surface area contributed by atoms with E-state index in [0.29, 0.717) is 11.5 Å². The summed E-state index contributed by atoms with van der Waals surface area (Å²) >= 11 is 0. The molecule has 108 valence electrons. The van der Waals surface area contributed by atoms with E-state index in [1.54, 1.807) is 13.8 Å². The van der Waals surface area contributed by atoms with Gasteiger partial charge in [0.25, 0.3) is 0 Å². The lowest BCUT2D eigenvalue weighted by Gasteiger charge is -2.13. The van der Waals surface area contributed by atoms with Crippen molar-refractivity contribution in [3.63, 3.8) is 0 Å². The summed E-state index contributed by atoms with van der Waals surface area (Å²) in [5.74, 6) is 0.943. The van der Waals surface area contributed by atoms with E-state index >= 15 is 0 Å². The van der Waals surface area contributed by atoms with Crippen molar-refractivity contribution in [1.29, 1.82) is 0 Å². The topological polar surface area (TPSA) is 85.3 Å². The van der Waals surface area contributed by atoms with Gasteiger partial charge in [-0.3, -0.25) is 0 Å². The molecule has 20 heavy (non-hydrogen) atoms. The maximum Gasteiger partial charge on any atom is 0.244 e. The number of sulfonamides is 1. The van der Waals surface area contributed by atoms with Crippen LogP contribution in [0.15, 0.2) is 45.7 Å². The summed E-state index contributed by atoms with van der Waals surface area (Å²) in [6.07, 6.45) is 0. The van der Waals surface area contributed by atoms with Crippen LogP contribution in [0, 0.1) is 13.8 Å². The minimum atomic E-state index is -3.60. The van der Waals surface area contributed by atoms with Crippen molar-refractivity contribution in [2.24, 2.45) is 5.73 Å². The third-order valence-corrected chi connectivity index (χ3v) is 4.54. The van der Waals surface area contributed by atoms with E-state index < -0.39 is 10.0 Å². The van der Waals surface area contributed by atoms with Gasteiger partial charge >= 0.3 is 0 Å². The molecule has 2 aromatic rings. The van der Waals surface area contributed by atoms with Crippen molar-refractivity contribution in [3.8, 4) is 0 Å². The average molecular weight is 294 g/mol. The van der Waals surface area contributed by atoms with Gasteiger partial charge < -0.3 is 10.2 Å². The van der Waals surface area contributed by atoms with E-state index in [1.807, 2.05) is 30.3 Å². The van der Waals surface area contributed by atoms with Gasteiger partial charge in [0.1, 0.15) is 16.4 Å². The molecule has 1 heterocycles. The van der Waals surface area contributed by atoms with Gasteiger partial charge in [0, 0.05) is 12.6 Å². The van der Waals surface area contributed by atoms with Crippen LogP contribution in [-0.2, 0) is 10.0 Å². The van der Waals surface area contributed by atoms with Gasteiger partial charge in [-0.15, -0.1) is 0 Å². The molecule has 0 aliphatic carbocycles. The highest BCUT2D eigenvalue weighted by molar-refractivity contribution is 7.89. The highest BCUT2D eigenvalue weighted by Gasteiger charge is 2.21. The second-order valence-corrected chi connectivity index (χ2v) is 6.38. The van der Waals surface area contributed by atoms with Gasteiger partial charge in [0.2, 0.25) is 10.0 Å². The zero-order chi connectivity index (χ0) is 14.8. The molecule has 0 spiro atoms. The number of hydrogen-bond acceptors (Lipinski definition) is 4. The van der Waals surface area contributed by atoms with Crippen LogP contribution in [0.1, 0.15) is 23.1 Å². The Morgan fingerprint density at radius 1 is 1.25 bits per heavy atom. The molecule has 3 N–H and O–H groups in total. The van der Waals surface area contributed by atoms with Gasteiger partial charge in [-0.2, -0.15) is 0 Å². The number of aryl methyl sites for hydroxylation is 2. The molecule has 0 radical (unpaired) electrons. The fourth-order valence-electron chi connectivity index (χ4n) is 1.97. The standard InChI is InChI=1S/C14H18N2O3S/c1-10-8-14(11(2)19-10)20(17,18)16-9-13(15)12-6-4-3-5-7-12/h3-8,13,16H,9,15H2,1-2H3. The van der Waals surface area contributed by atoms with Gasteiger partial charge in [-0.05, 0) is 25.5 Å². The van der Waals surface area contributed by atoms with Crippen molar-refractivity contribution in [2.45, 2.75) is 24.8 Å². The Bertz CT molecular complexity index is 678. The summed E-state index contributed by atoms with van der Waals surface area (Å²) in [7, 11) is -3.60. The van der Waals surface area contributed by atoms with Gasteiger partial charge in [0.15, 0.2) is 0 Å². The largest absolute Gasteiger partial charge is 0.465 e. The fraction of sp³-hybridized carbons (Fsp3) is 0.286. The van der Waals surface area contributed by atoms with Crippen molar-refractivity contribution >= 4 is 10.0 Å². The smallest absolute Gasteiger partial charge is 0.244 e. The van der Waals surface area contributed by atoms with Gasteiger partial charge in [-0.1, -0.05) is 30.3 Å². The van der Waals surface area contributed by atoms with E-state index in [4.69, 9.17) is 10.2 Å². The lowest BCUT2D eigenvalue weighted by atomic mass is 10.1. The third kappa shape index (κ3) is 3.27. The molecule has 6 heteroatoms. The Labute approximate surface area is 118 Å². The molecule has 1 unspecified atom stereocenters. The summed E-state index contributed by atoms with van der Waals surface area (Å²) in [5, 5.41) is 0. The number of hydrogen-bond donors (Lipinski definition) is 2. The van der Waals surface area contributed by atoms with Crippen molar-refractivity contribution in [3.05, 3.63) is 53.5 Å². The first-order chi connectivity index (χ1) is 9.40. The highest BCUT2D eigenvalue weighted by atomic mass is 32.2. The van der Waals surface area contributed by atoms with Gasteiger partial charge in [0.05, 0.1) is 0 Å². The van der Waals surface area contributed by atoms with Crippen LogP contribution < -0.4 is 10.5 Å². The lowest BCUT2D eigenvalue weighted by Crippen LogP contribution is -2.32. The van der Waals surface area contributed by atoms with Crippen LogP contribution in [-0.4, -0.2) is 15.0 Å². The molecule has 0 aliphatic heterocycles. The number of furan rings is 1. The Morgan fingerprint density at radius 3 is 2.45 bits per heavy atom. The normalized spacial score (nSPS) is 13.3. The van der Waals surface area contributed by atoms with E-state index in [2.05, 4.69) is 4.72 Å². The Balaban J connectivity index is 2.08. The molecule has 0 saturated heterocycles. The number of nitrogens with one attached hydrogen (secondary N) is 1. The second-order valence-electron chi connectivity index (χ2n) is 4.65. The molecule has 0 saturated carbocycles. The van der Waals surface area contributed by atoms with Crippen molar-refractivity contribution < 1.29 is 12.8 Å². The van der Waals surface area contributed by atoms with Crippen LogP contribution in [0.5, 0.6) is 0 Å². The predicted molar refractivity (Wildman–Crippen MR) is 76.7 cm³/mol. The molecular weight excluding hydrogens is 276 g/mol. The van der Waals surface area contributed by atoms with Crippen LogP contribution >= 0.6 is 0 Å². The molecule has 0 aliphatic rings. The molecule has 2 rings (SSSR count). The first-order valence-electron chi connectivity index (χ1n) is 6.27. The number of rotatable bonds is 5. The molecule has 0 bridgehead atoms. The quantitative estimate of drug-likeness (QED) is 0.881. The van der Waals surface area contributed by atoms with Crippen molar-refractivity contribution in [2.75, 3.05) is 6.54 Å². The third-order valence-electron chi connectivity index (χ3n) is 3.01. The van der Waals surface area contributed by atoms with E-state index in [-0.39, 0.29) is 17.5 Å². The Kier molecular flexibility index (Phi) is 4.27. The molecule has 5 nitrogen and oxygen atoms in total. The maximum absolute atomic E-state index is 12.2.